The quantitative estimate of drug-likeness (QED) is 0.878. The van der Waals surface area contributed by atoms with E-state index in [1.807, 2.05) is 20.8 Å². The maximum Gasteiger partial charge on any atom is 0.126 e. The Morgan fingerprint density at radius 2 is 2.00 bits per heavy atom. The maximum absolute atomic E-state index is 13.4. The van der Waals surface area contributed by atoms with Crippen molar-refractivity contribution in [2.75, 3.05) is 0 Å². The van der Waals surface area contributed by atoms with Crippen molar-refractivity contribution in [2.24, 2.45) is 5.41 Å². The van der Waals surface area contributed by atoms with Gasteiger partial charge >= 0.3 is 0 Å². The minimum atomic E-state index is -0.335. The van der Waals surface area contributed by atoms with E-state index in [0.717, 1.165) is 10.9 Å². The number of hydrogen-bond acceptors (Lipinski definition) is 1. The van der Waals surface area contributed by atoms with Crippen LogP contribution in [0.4, 0.5) is 4.39 Å². The van der Waals surface area contributed by atoms with Crippen LogP contribution in [0.1, 0.15) is 39.2 Å². The molecule has 0 fully saturated rings. The van der Waals surface area contributed by atoms with E-state index in [0.29, 0.717) is 18.4 Å². The molecular weight excluding hydrogens is 283 g/mol. The minimum Gasteiger partial charge on any atom is -0.393 e. The zero-order valence-electron chi connectivity index (χ0n) is 10.6. The first-order valence-electron chi connectivity index (χ1n) is 5.92. The van der Waals surface area contributed by atoms with Crippen LogP contribution in [0, 0.1) is 11.2 Å². The van der Waals surface area contributed by atoms with Crippen LogP contribution in [-0.2, 0) is 6.42 Å². The predicted octanol–water partition coefficient (Wildman–Crippen LogP) is 4.32. The van der Waals surface area contributed by atoms with E-state index in [-0.39, 0.29) is 17.3 Å². The predicted molar refractivity (Wildman–Crippen MR) is 72.5 cm³/mol. The molecule has 17 heavy (non-hydrogen) atoms. The minimum absolute atomic E-state index is 0.101. The lowest BCUT2D eigenvalue weighted by molar-refractivity contribution is 0.0540. The van der Waals surface area contributed by atoms with Crippen molar-refractivity contribution < 1.29 is 9.50 Å². The summed E-state index contributed by atoms with van der Waals surface area (Å²) >= 11 is 3.33. The highest BCUT2D eigenvalue weighted by molar-refractivity contribution is 9.10. The van der Waals surface area contributed by atoms with Crippen LogP contribution in [0.25, 0.3) is 0 Å². The molecule has 96 valence electrons. The van der Waals surface area contributed by atoms with Gasteiger partial charge in [0.2, 0.25) is 0 Å². The van der Waals surface area contributed by atoms with Crippen LogP contribution < -0.4 is 0 Å². The Morgan fingerprint density at radius 1 is 1.35 bits per heavy atom. The molecule has 0 radical (unpaired) electrons. The fourth-order valence-corrected chi connectivity index (χ4v) is 2.06. The summed E-state index contributed by atoms with van der Waals surface area (Å²) in [5.74, 6) is -0.168. The smallest absolute Gasteiger partial charge is 0.126 e. The molecule has 0 spiro atoms. The Kier molecular flexibility index (Phi) is 5.14. The average molecular weight is 303 g/mol. The second-order valence-electron chi connectivity index (χ2n) is 5.51. The van der Waals surface area contributed by atoms with Gasteiger partial charge in [-0.15, -0.1) is 0 Å². The third kappa shape index (κ3) is 4.76. The maximum atomic E-state index is 13.4. The monoisotopic (exact) mass is 302 g/mol. The van der Waals surface area contributed by atoms with Crippen molar-refractivity contribution in [1.29, 1.82) is 0 Å². The summed E-state index contributed by atoms with van der Waals surface area (Å²) in [5, 5.41) is 9.88. The van der Waals surface area contributed by atoms with Crippen molar-refractivity contribution >= 4 is 15.9 Å². The first-order valence-corrected chi connectivity index (χ1v) is 6.72. The molecule has 0 heterocycles. The van der Waals surface area contributed by atoms with Crippen molar-refractivity contribution in [3.05, 3.63) is 34.1 Å². The summed E-state index contributed by atoms with van der Waals surface area (Å²) in [7, 11) is 0. The Hall–Kier alpha value is -0.410. The first-order chi connectivity index (χ1) is 7.80. The summed E-state index contributed by atoms with van der Waals surface area (Å²) in [6, 6.07) is 4.97. The highest BCUT2D eigenvalue weighted by atomic mass is 79.9. The van der Waals surface area contributed by atoms with E-state index >= 15 is 0 Å². The molecule has 3 heteroatoms. The molecule has 0 aromatic heterocycles. The summed E-state index contributed by atoms with van der Waals surface area (Å²) in [5.41, 5.74) is 0.607. The van der Waals surface area contributed by atoms with Crippen molar-refractivity contribution in [2.45, 2.75) is 46.1 Å². The highest BCUT2D eigenvalue weighted by Gasteiger charge is 2.21. The van der Waals surface area contributed by atoms with E-state index in [4.69, 9.17) is 0 Å². The van der Waals surface area contributed by atoms with Gasteiger partial charge in [0.1, 0.15) is 5.82 Å². The second-order valence-corrected chi connectivity index (χ2v) is 6.43. The molecule has 0 aliphatic carbocycles. The van der Waals surface area contributed by atoms with Gasteiger partial charge in [-0.3, -0.25) is 0 Å². The Labute approximate surface area is 111 Å². The lowest BCUT2D eigenvalue weighted by atomic mass is 9.86. The number of rotatable bonds is 4. The largest absolute Gasteiger partial charge is 0.393 e. The number of halogens is 2. The molecule has 0 saturated heterocycles. The molecule has 0 amide bonds. The third-order valence-corrected chi connectivity index (χ3v) is 3.42. The summed E-state index contributed by atoms with van der Waals surface area (Å²) in [4.78, 5) is 0. The van der Waals surface area contributed by atoms with E-state index < -0.39 is 0 Å². The summed E-state index contributed by atoms with van der Waals surface area (Å²) < 4.78 is 14.3. The van der Waals surface area contributed by atoms with Gasteiger partial charge in [0.15, 0.2) is 0 Å². The topological polar surface area (TPSA) is 20.2 Å². The van der Waals surface area contributed by atoms with E-state index in [2.05, 4.69) is 15.9 Å². The molecule has 1 aromatic rings. The molecule has 0 aliphatic heterocycles. The summed E-state index contributed by atoms with van der Waals surface area (Å²) in [6.45, 7) is 6.03. The van der Waals surface area contributed by atoms with Crippen LogP contribution in [-0.4, -0.2) is 11.2 Å². The molecule has 1 rings (SSSR count). The average Bonchev–Trinajstić information content (AvgIpc) is 2.21. The van der Waals surface area contributed by atoms with Gasteiger partial charge in [-0.25, -0.2) is 4.39 Å². The fourth-order valence-electron chi connectivity index (χ4n) is 1.65. The van der Waals surface area contributed by atoms with Gasteiger partial charge < -0.3 is 5.11 Å². The van der Waals surface area contributed by atoms with Gasteiger partial charge in [0.25, 0.3) is 0 Å². The molecule has 1 unspecified atom stereocenters. The Balaban J connectivity index is 2.49. The Morgan fingerprint density at radius 3 is 2.59 bits per heavy atom. The number of hydrogen-bond donors (Lipinski definition) is 1. The fraction of sp³-hybridized carbons (Fsp3) is 0.571. The van der Waals surface area contributed by atoms with Crippen molar-refractivity contribution in [3.8, 4) is 0 Å². The molecule has 0 bridgehead atoms. The van der Waals surface area contributed by atoms with Gasteiger partial charge in [0.05, 0.1) is 6.10 Å². The second kappa shape index (κ2) is 5.96. The SMILES string of the molecule is CC(C)(C)C(O)CCCc1cc(Br)ccc1F. The molecule has 1 aromatic carbocycles. The van der Waals surface area contributed by atoms with Gasteiger partial charge in [-0.1, -0.05) is 36.7 Å². The Bertz CT molecular complexity index is 371. The first kappa shape index (κ1) is 14.7. The molecule has 0 aliphatic rings. The molecular formula is C14H20BrFO. The van der Waals surface area contributed by atoms with Crippen molar-refractivity contribution in [1.82, 2.24) is 0 Å². The number of benzene rings is 1. The number of aryl methyl sites for hydroxylation is 1. The van der Waals surface area contributed by atoms with Crippen LogP contribution >= 0.6 is 15.9 Å². The van der Waals surface area contributed by atoms with Gasteiger partial charge in [-0.05, 0) is 48.4 Å². The lowest BCUT2D eigenvalue weighted by Crippen LogP contribution is -2.25. The number of aliphatic hydroxyl groups excluding tert-OH is 1. The number of aliphatic hydroxyl groups is 1. The van der Waals surface area contributed by atoms with E-state index in [1.165, 1.54) is 6.07 Å². The normalized spacial score (nSPS) is 13.8. The van der Waals surface area contributed by atoms with Gasteiger partial charge in [0, 0.05) is 4.47 Å². The van der Waals surface area contributed by atoms with Crippen molar-refractivity contribution in [3.63, 3.8) is 0 Å². The lowest BCUT2D eigenvalue weighted by Gasteiger charge is -2.25. The zero-order chi connectivity index (χ0) is 13.1. The van der Waals surface area contributed by atoms with E-state index in [9.17, 15) is 9.50 Å². The van der Waals surface area contributed by atoms with E-state index in [1.54, 1.807) is 12.1 Å². The molecule has 1 N–H and O–H groups in total. The zero-order valence-corrected chi connectivity index (χ0v) is 12.2. The molecule has 1 atom stereocenters. The van der Waals surface area contributed by atoms with Crippen LogP contribution in [0.3, 0.4) is 0 Å². The molecule has 1 nitrogen and oxygen atoms in total. The third-order valence-electron chi connectivity index (χ3n) is 2.93. The van der Waals surface area contributed by atoms with Crippen LogP contribution in [0.15, 0.2) is 22.7 Å². The molecule has 0 saturated carbocycles. The standard InChI is InChI=1S/C14H20BrFO/c1-14(2,3)13(17)6-4-5-10-9-11(15)7-8-12(10)16/h7-9,13,17H,4-6H2,1-3H3. The van der Waals surface area contributed by atoms with Gasteiger partial charge in [-0.2, -0.15) is 0 Å². The highest BCUT2D eigenvalue weighted by Crippen LogP contribution is 2.24. The van der Waals surface area contributed by atoms with Crippen LogP contribution in [0.5, 0.6) is 0 Å². The van der Waals surface area contributed by atoms with Crippen LogP contribution in [0.2, 0.25) is 0 Å². The summed E-state index contributed by atoms with van der Waals surface area (Å²) in [6.07, 6.45) is 1.83.